The smallest absolute Gasteiger partial charge is 0.343 e. The van der Waals surface area contributed by atoms with Crippen molar-refractivity contribution in [3.8, 4) is 11.5 Å². The highest BCUT2D eigenvalue weighted by Crippen LogP contribution is 2.36. The average molecular weight is 294 g/mol. The maximum Gasteiger partial charge on any atom is 0.343 e. The van der Waals surface area contributed by atoms with E-state index < -0.39 is 0 Å². The van der Waals surface area contributed by atoms with Crippen molar-refractivity contribution in [2.45, 2.75) is 10.9 Å². The number of hydrogen-bond donors (Lipinski definition) is 2. The number of aromatic amines is 1. The molecule has 0 amide bonds. The number of rotatable bonds is 3. The molecule has 0 radical (unpaired) electrons. The molecule has 0 unspecified atom stereocenters. The highest BCUT2D eigenvalue weighted by atomic mass is 32.2. The minimum atomic E-state index is -0.234. The lowest BCUT2D eigenvalue weighted by atomic mass is 10.2. The van der Waals surface area contributed by atoms with Gasteiger partial charge in [0.2, 0.25) is 0 Å². The van der Waals surface area contributed by atoms with Crippen LogP contribution >= 0.6 is 11.8 Å². The Morgan fingerprint density at radius 1 is 1.40 bits per heavy atom. The van der Waals surface area contributed by atoms with Gasteiger partial charge in [0.25, 0.3) is 0 Å². The number of hydrogen-bond acceptors (Lipinski definition) is 6. The molecule has 0 spiro atoms. The summed E-state index contributed by atoms with van der Waals surface area (Å²) in [6.07, 6.45) is 0. The van der Waals surface area contributed by atoms with Crippen LogP contribution in [0.1, 0.15) is 5.56 Å². The van der Waals surface area contributed by atoms with Crippen LogP contribution in [-0.2, 0) is 12.8 Å². The Morgan fingerprint density at radius 2 is 2.10 bits per heavy atom. The summed E-state index contributed by atoms with van der Waals surface area (Å²) >= 11 is 1.43. The molecule has 0 atom stereocenters. The second kappa shape index (κ2) is 5.12. The van der Waals surface area contributed by atoms with Crippen molar-refractivity contribution in [1.82, 2.24) is 14.8 Å². The summed E-state index contributed by atoms with van der Waals surface area (Å²) in [6.45, 7) is 1.08. The number of fused-ring (bicyclic) bond motifs is 1. The average Bonchev–Trinajstić information content (AvgIpc) is 2.76. The molecule has 0 bridgehead atoms. The normalized spacial score (nSPS) is 13.4. The molecular formula is C12H14N4O3S. The van der Waals surface area contributed by atoms with Crippen LogP contribution in [0.25, 0.3) is 0 Å². The van der Waals surface area contributed by atoms with Gasteiger partial charge in [-0.15, -0.1) is 5.10 Å². The first-order valence-electron chi connectivity index (χ1n) is 6.07. The number of aromatic nitrogens is 3. The molecule has 0 fully saturated rings. The maximum absolute atomic E-state index is 11.3. The zero-order chi connectivity index (χ0) is 14.1. The number of benzene rings is 1. The van der Waals surface area contributed by atoms with Gasteiger partial charge in [-0.3, -0.25) is 4.57 Å². The van der Waals surface area contributed by atoms with Crippen molar-refractivity contribution in [1.29, 1.82) is 0 Å². The first kappa shape index (κ1) is 12.9. The zero-order valence-corrected chi connectivity index (χ0v) is 11.7. The van der Waals surface area contributed by atoms with E-state index >= 15 is 0 Å². The molecule has 1 aromatic carbocycles. The summed E-state index contributed by atoms with van der Waals surface area (Å²) in [5, 5.41) is 6.95. The lowest BCUT2D eigenvalue weighted by molar-refractivity contribution is 0.171. The Morgan fingerprint density at radius 3 is 2.75 bits per heavy atom. The quantitative estimate of drug-likeness (QED) is 0.641. The van der Waals surface area contributed by atoms with Crippen LogP contribution in [-0.4, -0.2) is 28.0 Å². The molecule has 3 N–H and O–H groups in total. The molecule has 20 heavy (non-hydrogen) atoms. The van der Waals surface area contributed by atoms with Gasteiger partial charge in [0.1, 0.15) is 13.2 Å². The van der Waals surface area contributed by atoms with Crippen molar-refractivity contribution in [2.75, 3.05) is 18.9 Å². The topological polar surface area (TPSA) is 95.2 Å². The second-order valence-corrected chi connectivity index (χ2v) is 5.30. The molecule has 8 heteroatoms. The lowest BCUT2D eigenvalue weighted by Crippen LogP contribution is -2.16. The van der Waals surface area contributed by atoms with E-state index in [1.807, 2.05) is 6.07 Å². The molecular weight excluding hydrogens is 280 g/mol. The van der Waals surface area contributed by atoms with Crippen molar-refractivity contribution >= 4 is 17.4 Å². The number of nitrogens with zero attached hydrogens (tertiary/aromatic N) is 2. The summed E-state index contributed by atoms with van der Waals surface area (Å²) in [6, 6.07) is 3.65. The van der Waals surface area contributed by atoms with Gasteiger partial charge >= 0.3 is 5.69 Å². The van der Waals surface area contributed by atoms with E-state index in [4.69, 9.17) is 15.2 Å². The van der Waals surface area contributed by atoms with Crippen LogP contribution in [0.4, 0.5) is 5.69 Å². The maximum atomic E-state index is 11.3. The Bertz CT molecular complexity index is 694. The van der Waals surface area contributed by atoms with Crippen molar-refractivity contribution in [3.63, 3.8) is 0 Å². The van der Waals surface area contributed by atoms with Crippen molar-refractivity contribution in [2.24, 2.45) is 7.05 Å². The third-order valence-corrected chi connectivity index (χ3v) is 4.08. The molecule has 2 heterocycles. The summed E-state index contributed by atoms with van der Waals surface area (Å²) in [4.78, 5) is 11.3. The highest BCUT2D eigenvalue weighted by Gasteiger charge is 2.15. The third-order valence-electron chi connectivity index (χ3n) is 3.00. The number of anilines is 1. The first-order chi connectivity index (χ1) is 9.65. The lowest BCUT2D eigenvalue weighted by Gasteiger charge is -2.20. The highest BCUT2D eigenvalue weighted by molar-refractivity contribution is 7.98. The molecule has 0 saturated carbocycles. The minimum Gasteiger partial charge on any atom is -0.486 e. The second-order valence-electron chi connectivity index (χ2n) is 4.35. The molecule has 3 rings (SSSR count). The molecule has 0 aliphatic carbocycles. The minimum absolute atomic E-state index is 0.234. The predicted molar refractivity (Wildman–Crippen MR) is 75.2 cm³/mol. The van der Waals surface area contributed by atoms with E-state index in [1.54, 1.807) is 13.1 Å². The fraction of sp³-hybridized carbons (Fsp3) is 0.333. The summed E-state index contributed by atoms with van der Waals surface area (Å²) in [7, 11) is 1.67. The zero-order valence-electron chi connectivity index (χ0n) is 10.9. The van der Waals surface area contributed by atoms with Gasteiger partial charge in [-0.05, 0) is 11.6 Å². The molecule has 7 nitrogen and oxygen atoms in total. The molecule has 0 saturated heterocycles. The van der Waals surface area contributed by atoms with Gasteiger partial charge in [-0.1, -0.05) is 11.8 Å². The molecule has 1 aliphatic rings. The number of thioether (sulfide) groups is 1. The molecule has 106 valence electrons. The number of ether oxygens (including phenoxy) is 2. The van der Waals surface area contributed by atoms with E-state index in [-0.39, 0.29) is 5.69 Å². The fourth-order valence-corrected chi connectivity index (χ4v) is 2.80. The monoisotopic (exact) mass is 294 g/mol. The standard InChI is InChI=1S/C12H14N4O3S/c1-16-11(17)14-15-12(16)20-6-7-4-9-10(5-8(7)13)19-3-2-18-9/h4-5H,2-3,6,13H2,1H3,(H,14,17). The van der Waals surface area contributed by atoms with Crippen LogP contribution in [0.2, 0.25) is 0 Å². The van der Waals surface area contributed by atoms with E-state index in [1.165, 1.54) is 16.3 Å². The SMILES string of the molecule is Cn1c(SCc2cc3c(cc2N)OCCO3)n[nH]c1=O. The first-order valence-corrected chi connectivity index (χ1v) is 7.06. The summed E-state index contributed by atoms with van der Waals surface area (Å²) < 4.78 is 12.5. The number of H-pyrrole nitrogens is 1. The summed E-state index contributed by atoms with van der Waals surface area (Å²) in [5.74, 6) is 1.98. The van der Waals surface area contributed by atoms with Gasteiger partial charge < -0.3 is 15.2 Å². The Hall–Kier alpha value is -2.09. The predicted octanol–water partition coefficient (Wildman–Crippen LogP) is 0.754. The van der Waals surface area contributed by atoms with E-state index in [0.29, 0.717) is 41.3 Å². The Labute approximate surface area is 119 Å². The van der Waals surface area contributed by atoms with Crippen LogP contribution < -0.4 is 20.9 Å². The molecule has 1 aromatic heterocycles. The van der Waals surface area contributed by atoms with Crippen molar-refractivity contribution < 1.29 is 9.47 Å². The van der Waals surface area contributed by atoms with E-state index in [9.17, 15) is 4.79 Å². The Balaban J connectivity index is 1.80. The van der Waals surface area contributed by atoms with Gasteiger partial charge in [-0.2, -0.15) is 0 Å². The van der Waals surface area contributed by atoms with Crippen LogP contribution in [0.5, 0.6) is 11.5 Å². The molecule has 2 aromatic rings. The van der Waals surface area contributed by atoms with Gasteiger partial charge in [0.05, 0.1) is 0 Å². The number of nitrogens with two attached hydrogens (primary N) is 1. The van der Waals surface area contributed by atoms with Gasteiger partial charge in [0.15, 0.2) is 16.7 Å². The van der Waals surface area contributed by atoms with Gasteiger partial charge in [0, 0.05) is 24.6 Å². The third kappa shape index (κ3) is 2.34. The van der Waals surface area contributed by atoms with E-state index in [2.05, 4.69) is 10.2 Å². The van der Waals surface area contributed by atoms with Crippen LogP contribution in [0.15, 0.2) is 22.1 Å². The largest absolute Gasteiger partial charge is 0.486 e. The molecule has 1 aliphatic heterocycles. The van der Waals surface area contributed by atoms with Crippen LogP contribution in [0, 0.1) is 0 Å². The number of nitrogens with one attached hydrogen (secondary N) is 1. The van der Waals surface area contributed by atoms with Crippen LogP contribution in [0.3, 0.4) is 0 Å². The van der Waals surface area contributed by atoms with E-state index in [0.717, 1.165) is 5.56 Å². The van der Waals surface area contributed by atoms with Crippen molar-refractivity contribution in [3.05, 3.63) is 28.2 Å². The number of nitrogen functional groups attached to an aromatic ring is 1. The Kier molecular flexibility index (Phi) is 3.31. The van der Waals surface area contributed by atoms with Gasteiger partial charge in [-0.25, -0.2) is 9.89 Å². The summed E-state index contributed by atoms with van der Waals surface area (Å²) in [5.41, 5.74) is 7.34. The fourth-order valence-electron chi connectivity index (χ4n) is 1.88.